The molecule has 2 aliphatic rings. The van der Waals surface area contributed by atoms with Crippen LogP contribution in [0.3, 0.4) is 0 Å². The van der Waals surface area contributed by atoms with Crippen LogP contribution >= 0.6 is 0 Å². The van der Waals surface area contributed by atoms with Gasteiger partial charge in [0.2, 0.25) is 0 Å². The van der Waals surface area contributed by atoms with Gasteiger partial charge >= 0.3 is 6.03 Å². The lowest BCUT2D eigenvalue weighted by Gasteiger charge is -2.50. The average Bonchev–Trinajstić information content (AvgIpc) is 2.49. The third kappa shape index (κ3) is 2.17. The molecule has 1 N–H and O–H groups in total. The first-order chi connectivity index (χ1) is 11.0. The minimum Gasteiger partial charge on any atom is -0.467 e. The number of nitrogens with one attached hydrogen (secondary N) is 1. The summed E-state index contributed by atoms with van der Waals surface area (Å²) >= 11 is 0. The molecule has 23 heavy (non-hydrogen) atoms. The quantitative estimate of drug-likeness (QED) is 0.862. The SMILES string of the molecule is Cc1ccc(N2C(=O)NC3CC2(C)Oc2ccc(C)cc23)cc1. The average molecular weight is 308 g/mol. The molecule has 4 nitrogen and oxygen atoms in total. The van der Waals surface area contributed by atoms with Gasteiger partial charge in [-0.2, -0.15) is 0 Å². The highest BCUT2D eigenvalue weighted by atomic mass is 16.5. The Morgan fingerprint density at radius 3 is 2.57 bits per heavy atom. The molecule has 2 amide bonds. The van der Waals surface area contributed by atoms with Gasteiger partial charge in [-0.05, 0) is 39.0 Å². The van der Waals surface area contributed by atoms with Gasteiger partial charge in [-0.1, -0.05) is 35.4 Å². The second-order valence-corrected chi connectivity index (χ2v) is 6.70. The molecule has 2 aromatic rings. The van der Waals surface area contributed by atoms with Gasteiger partial charge in [0.1, 0.15) is 5.75 Å². The summed E-state index contributed by atoms with van der Waals surface area (Å²) in [5, 5.41) is 3.13. The van der Waals surface area contributed by atoms with Gasteiger partial charge in [0, 0.05) is 17.7 Å². The minimum absolute atomic E-state index is 0.00199. The maximum atomic E-state index is 12.7. The van der Waals surface area contributed by atoms with E-state index in [-0.39, 0.29) is 12.1 Å². The van der Waals surface area contributed by atoms with Crippen LogP contribution in [0.4, 0.5) is 10.5 Å². The van der Waals surface area contributed by atoms with E-state index in [2.05, 4.69) is 18.3 Å². The normalized spacial score (nSPS) is 25.4. The van der Waals surface area contributed by atoms with E-state index >= 15 is 0 Å². The molecular weight excluding hydrogens is 288 g/mol. The minimum atomic E-state index is -0.676. The molecule has 2 atom stereocenters. The second-order valence-electron chi connectivity index (χ2n) is 6.70. The zero-order valence-electron chi connectivity index (χ0n) is 13.6. The summed E-state index contributed by atoms with van der Waals surface area (Å²) < 4.78 is 6.28. The summed E-state index contributed by atoms with van der Waals surface area (Å²) in [5.74, 6) is 0.853. The second kappa shape index (κ2) is 4.75. The van der Waals surface area contributed by atoms with Gasteiger partial charge < -0.3 is 10.1 Å². The molecule has 1 saturated heterocycles. The van der Waals surface area contributed by atoms with Crippen LogP contribution in [0.5, 0.6) is 5.75 Å². The van der Waals surface area contributed by atoms with Crippen LogP contribution in [0.15, 0.2) is 42.5 Å². The molecule has 0 spiro atoms. The van der Waals surface area contributed by atoms with E-state index in [1.807, 2.05) is 50.2 Å². The fraction of sp³-hybridized carbons (Fsp3) is 0.316. The van der Waals surface area contributed by atoms with E-state index in [9.17, 15) is 4.79 Å². The highest BCUT2D eigenvalue weighted by Crippen LogP contribution is 2.45. The zero-order chi connectivity index (χ0) is 16.2. The fourth-order valence-electron chi connectivity index (χ4n) is 3.58. The largest absolute Gasteiger partial charge is 0.467 e. The molecule has 0 aromatic heterocycles. The van der Waals surface area contributed by atoms with Gasteiger partial charge in [-0.15, -0.1) is 0 Å². The number of amides is 2. The van der Waals surface area contributed by atoms with Crippen molar-refractivity contribution in [2.75, 3.05) is 4.90 Å². The van der Waals surface area contributed by atoms with Crippen molar-refractivity contribution in [2.45, 2.75) is 39.0 Å². The standard InChI is InChI=1S/C19H20N2O2/c1-12-4-7-14(8-5-12)21-18(22)20-16-11-19(21,3)23-17-9-6-13(2)10-15(16)17/h4-10,16H,11H2,1-3H3,(H,20,22). The smallest absolute Gasteiger partial charge is 0.325 e. The number of hydrogen-bond donors (Lipinski definition) is 1. The number of fused-ring (bicyclic) bond motifs is 4. The third-order valence-electron chi connectivity index (χ3n) is 4.72. The number of hydrogen-bond acceptors (Lipinski definition) is 2. The Labute approximate surface area is 136 Å². The van der Waals surface area contributed by atoms with Crippen molar-refractivity contribution in [2.24, 2.45) is 0 Å². The zero-order valence-corrected chi connectivity index (χ0v) is 13.6. The predicted octanol–water partition coefficient (Wildman–Crippen LogP) is 4.07. The third-order valence-corrected chi connectivity index (χ3v) is 4.72. The maximum Gasteiger partial charge on any atom is 0.325 e. The summed E-state index contributed by atoms with van der Waals surface area (Å²) in [6, 6.07) is 14.0. The van der Waals surface area contributed by atoms with Crippen LogP contribution in [-0.4, -0.2) is 11.8 Å². The molecule has 2 aromatic carbocycles. The summed E-state index contributed by atoms with van der Waals surface area (Å²) in [6.07, 6.45) is 0.725. The number of carbonyl (C=O) groups is 1. The van der Waals surface area contributed by atoms with Gasteiger partial charge in [-0.3, -0.25) is 4.90 Å². The van der Waals surface area contributed by atoms with Crippen LogP contribution in [-0.2, 0) is 0 Å². The first-order valence-electron chi connectivity index (χ1n) is 7.93. The molecular formula is C19H20N2O2. The van der Waals surface area contributed by atoms with E-state index in [4.69, 9.17) is 4.74 Å². The van der Waals surface area contributed by atoms with Crippen LogP contribution in [0, 0.1) is 13.8 Å². The van der Waals surface area contributed by atoms with Crippen molar-refractivity contribution in [1.29, 1.82) is 0 Å². The van der Waals surface area contributed by atoms with E-state index in [1.165, 1.54) is 11.1 Å². The van der Waals surface area contributed by atoms with E-state index < -0.39 is 5.72 Å². The van der Waals surface area contributed by atoms with Crippen LogP contribution < -0.4 is 15.0 Å². The number of urea groups is 1. The van der Waals surface area contributed by atoms with Crippen LogP contribution in [0.2, 0.25) is 0 Å². The van der Waals surface area contributed by atoms with E-state index in [0.29, 0.717) is 0 Å². The lowest BCUT2D eigenvalue weighted by Crippen LogP contribution is -2.65. The van der Waals surface area contributed by atoms with Crippen molar-refractivity contribution in [3.63, 3.8) is 0 Å². The summed E-state index contributed by atoms with van der Waals surface area (Å²) in [4.78, 5) is 14.5. The molecule has 0 radical (unpaired) electrons. The molecule has 1 fully saturated rings. The van der Waals surface area contributed by atoms with Gasteiger partial charge in [0.15, 0.2) is 5.72 Å². The van der Waals surface area contributed by atoms with Crippen LogP contribution in [0.25, 0.3) is 0 Å². The molecule has 0 saturated carbocycles. The summed E-state index contributed by atoms with van der Waals surface area (Å²) in [6.45, 7) is 6.08. The molecule has 4 heteroatoms. The van der Waals surface area contributed by atoms with Crippen molar-refractivity contribution in [3.8, 4) is 5.75 Å². The number of anilines is 1. The van der Waals surface area contributed by atoms with E-state index in [1.54, 1.807) is 4.90 Å². The summed E-state index contributed by atoms with van der Waals surface area (Å²) in [5.41, 5.74) is 3.58. The van der Waals surface area contributed by atoms with Crippen molar-refractivity contribution in [1.82, 2.24) is 5.32 Å². The number of rotatable bonds is 1. The molecule has 2 aliphatic heterocycles. The molecule has 2 unspecified atom stereocenters. The Kier molecular flexibility index (Phi) is 2.92. The van der Waals surface area contributed by atoms with Crippen LogP contribution in [0.1, 0.15) is 36.1 Å². The molecule has 0 aliphatic carbocycles. The topological polar surface area (TPSA) is 41.6 Å². The lowest BCUT2D eigenvalue weighted by molar-refractivity contribution is 0.0378. The number of carbonyl (C=O) groups excluding carboxylic acids is 1. The Morgan fingerprint density at radius 2 is 1.83 bits per heavy atom. The van der Waals surface area contributed by atoms with Crippen molar-refractivity contribution < 1.29 is 9.53 Å². The maximum absolute atomic E-state index is 12.7. The molecule has 2 bridgehead atoms. The lowest BCUT2D eigenvalue weighted by atomic mass is 9.89. The van der Waals surface area contributed by atoms with Crippen molar-refractivity contribution in [3.05, 3.63) is 59.2 Å². The fourth-order valence-corrected chi connectivity index (χ4v) is 3.58. The van der Waals surface area contributed by atoms with Gasteiger partial charge in [0.05, 0.1) is 6.04 Å². The van der Waals surface area contributed by atoms with Gasteiger partial charge in [-0.25, -0.2) is 4.79 Å². The van der Waals surface area contributed by atoms with Gasteiger partial charge in [0.25, 0.3) is 0 Å². The highest BCUT2D eigenvalue weighted by molar-refractivity contribution is 5.94. The number of aryl methyl sites for hydroxylation is 2. The first-order valence-corrected chi connectivity index (χ1v) is 7.93. The first kappa shape index (κ1) is 14.1. The predicted molar refractivity (Wildman–Crippen MR) is 89.8 cm³/mol. The Bertz CT molecular complexity index is 784. The van der Waals surface area contributed by atoms with Crippen molar-refractivity contribution >= 4 is 11.7 Å². The Hall–Kier alpha value is -2.49. The number of ether oxygens (including phenoxy) is 1. The molecule has 2 heterocycles. The molecule has 4 rings (SSSR count). The molecule has 118 valence electrons. The number of nitrogens with zero attached hydrogens (tertiary/aromatic N) is 1. The monoisotopic (exact) mass is 308 g/mol. The Balaban J connectivity index is 1.79. The highest BCUT2D eigenvalue weighted by Gasteiger charge is 2.49. The number of benzene rings is 2. The summed E-state index contributed by atoms with van der Waals surface area (Å²) in [7, 11) is 0. The van der Waals surface area contributed by atoms with E-state index in [0.717, 1.165) is 23.4 Å². The Morgan fingerprint density at radius 1 is 1.13 bits per heavy atom.